The first kappa shape index (κ1) is 23.6. The number of ether oxygens (including phenoxy) is 2. The van der Waals surface area contributed by atoms with Crippen LogP contribution in [0.4, 0.5) is 4.79 Å². The molecule has 0 aromatic heterocycles. The summed E-state index contributed by atoms with van der Waals surface area (Å²) in [4.78, 5) is 32.4. The summed E-state index contributed by atoms with van der Waals surface area (Å²) in [5.74, 6) is 0.166. The van der Waals surface area contributed by atoms with E-state index in [1.807, 2.05) is 84.9 Å². The van der Waals surface area contributed by atoms with E-state index in [1.165, 1.54) is 4.90 Å². The fourth-order valence-corrected chi connectivity index (χ4v) is 4.60. The first-order valence-corrected chi connectivity index (χ1v) is 12.2. The van der Waals surface area contributed by atoms with Gasteiger partial charge in [-0.25, -0.2) is 9.69 Å². The Labute approximate surface area is 210 Å². The summed E-state index contributed by atoms with van der Waals surface area (Å²) >= 11 is 0. The molecule has 2 atom stereocenters. The zero-order valence-electron chi connectivity index (χ0n) is 19.9. The number of amides is 2. The summed E-state index contributed by atoms with van der Waals surface area (Å²) in [6, 6.07) is 27.1. The number of nitrogens with zero attached hydrogens (tertiary/aromatic N) is 2. The van der Waals surface area contributed by atoms with E-state index in [2.05, 4.69) is 5.16 Å². The van der Waals surface area contributed by atoms with Crippen LogP contribution in [0.15, 0.2) is 90.1 Å². The van der Waals surface area contributed by atoms with E-state index in [4.69, 9.17) is 14.3 Å². The van der Waals surface area contributed by atoms with Crippen LogP contribution >= 0.6 is 0 Å². The van der Waals surface area contributed by atoms with E-state index in [9.17, 15) is 9.59 Å². The fraction of sp³-hybridized carbons (Fsp3) is 0.276. The first-order chi connectivity index (χ1) is 17.7. The van der Waals surface area contributed by atoms with E-state index in [-0.39, 0.29) is 30.9 Å². The minimum Gasteiger partial charge on any atom is -0.489 e. The van der Waals surface area contributed by atoms with E-state index in [0.717, 1.165) is 28.2 Å². The lowest BCUT2D eigenvalue weighted by Crippen LogP contribution is -2.41. The number of hydrogen-bond acceptors (Lipinski definition) is 6. The predicted octanol–water partition coefficient (Wildman–Crippen LogP) is 5.11. The molecule has 0 N–H and O–H groups in total. The summed E-state index contributed by atoms with van der Waals surface area (Å²) < 4.78 is 11.2. The Kier molecular flexibility index (Phi) is 7.26. The quantitative estimate of drug-likeness (QED) is 0.422. The molecule has 2 amide bonds. The monoisotopic (exact) mass is 484 g/mol. The molecule has 3 aromatic carbocycles. The van der Waals surface area contributed by atoms with Crippen molar-refractivity contribution in [3.63, 3.8) is 0 Å². The summed E-state index contributed by atoms with van der Waals surface area (Å²) in [5.41, 5.74) is 3.86. The molecule has 7 nitrogen and oxygen atoms in total. The Morgan fingerprint density at radius 2 is 1.67 bits per heavy atom. The highest BCUT2D eigenvalue weighted by molar-refractivity contribution is 5.99. The van der Waals surface area contributed by atoms with Gasteiger partial charge in [-0.1, -0.05) is 78.0 Å². The smallest absolute Gasteiger partial charge is 0.416 e. The second kappa shape index (κ2) is 11.1. The van der Waals surface area contributed by atoms with E-state index >= 15 is 0 Å². The van der Waals surface area contributed by atoms with Crippen molar-refractivity contribution < 1.29 is 23.9 Å². The standard InChI is InChI=1S/C29H28N2O5/c32-28(31-24(20-35-29(31)33)17-21-7-3-1-4-8-21)18-26(27-15-16-36-30-27)23-11-13-25(14-12-23)34-19-22-9-5-2-6-10-22/h1-14,24,26H,15-20H2/t24-,26-/m0/s1. The van der Waals surface area contributed by atoms with Gasteiger partial charge in [0.05, 0.1) is 11.8 Å². The molecule has 0 bridgehead atoms. The zero-order valence-corrected chi connectivity index (χ0v) is 19.9. The average Bonchev–Trinajstić information content (AvgIpc) is 3.58. The highest BCUT2D eigenvalue weighted by Crippen LogP contribution is 2.30. The molecular formula is C29H28N2O5. The summed E-state index contributed by atoms with van der Waals surface area (Å²) in [6.45, 7) is 1.16. The maximum Gasteiger partial charge on any atom is 0.416 e. The lowest BCUT2D eigenvalue weighted by molar-refractivity contribution is -0.129. The van der Waals surface area contributed by atoms with Crippen LogP contribution in [0.5, 0.6) is 5.75 Å². The number of oxime groups is 1. The Bertz CT molecular complexity index is 1210. The summed E-state index contributed by atoms with van der Waals surface area (Å²) in [6.07, 6.45) is 0.712. The fourth-order valence-electron chi connectivity index (χ4n) is 4.60. The molecule has 1 fully saturated rings. The van der Waals surface area contributed by atoms with Gasteiger partial charge >= 0.3 is 6.09 Å². The van der Waals surface area contributed by atoms with Gasteiger partial charge in [0.1, 0.15) is 25.6 Å². The van der Waals surface area contributed by atoms with Crippen LogP contribution in [0.2, 0.25) is 0 Å². The van der Waals surface area contributed by atoms with E-state index in [1.54, 1.807) is 0 Å². The molecule has 184 valence electrons. The Morgan fingerprint density at radius 1 is 0.972 bits per heavy atom. The van der Waals surface area contributed by atoms with Crippen LogP contribution in [-0.4, -0.2) is 41.9 Å². The van der Waals surface area contributed by atoms with Gasteiger partial charge in [-0.15, -0.1) is 0 Å². The van der Waals surface area contributed by atoms with Crippen LogP contribution in [0, 0.1) is 0 Å². The van der Waals surface area contributed by atoms with Gasteiger partial charge in [0, 0.05) is 18.8 Å². The van der Waals surface area contributed by atoms with Gasteiger partial charge in [0.15, 0.2) is 0 Å². The largest absolute Gasteiger partial charge is 0.489 e. The predicted molar refractivity (Wildman–Crippen MR) is 135 cm³/mol. The maximum absolute atomic E-state index is 13.4. The third-order valence-corrected chi connectivity index (χ3v) is 6.49. The topological polar surface area (TPSA) is 77.4 Å². The van der Waals surface area contributed by atoms with Gasteiger partial charge in [-0.3, -0.25) is 4.79 Å². The first-order valence-electron chi connectivity index (χ1n) is 12.2. The Balaban J connectivity index is 1.29. The van der Waals surface area contributed by atoms with Crippen molar-refractivity contribution in [2.24, 2.45) is 5.16 Å². The lowest BCUT2D eigenvalue weighted by Gasteiger charge is -2.23. The highest BCUT2D eigenvalue weighted by Gasteiger charge is 2.39. The molecule has 3 aromatic rings. The summed E-state index contributed by atoms with van der Waals surface area (Å²) in [7, 11) is 0. The molecule has 7 heteroatoms. The number of carbonyl (C=O) groups excluding carboxylic acids is 2. The van der Waals surface area contributed by atoms with Crippen molar-refractivity contribution >= 4 is 17.7 Å². The van der Waals surface area contributed by atoms with Crippen molar-refractivity contribution in [2.45, 2.75) is 37.8 Å². The van der Waals surface area contributed by atoms with Crippen molar-refractivity contribution in [3.8, 4) is 5.75 Å². The number of rotatable bonds is 9. The van der Waals surface area contributed by atoms with Crippen LogP contribution in [-0.2, 0) is 27.4 Å². The Hall–Kier alpha value is -4.13. The minimum absolute atomic E-state index is 0.104. The molecule has 0 radical (unpaired) electrons. The number of hydrogen-bond donors (Lipinski definition) is 0. The van der Waals surface area contributed by atoms with Crippen molar-refractivity contribution in [3.05, 3.63) is 102 Å². The normalized spacial score (nSPS) is 17.8. The lowest BCUT2D eigenvalue weighted by atomic mass is 9.89. The highest BCUT2D eigenvalue weighted by atomic mass is 16.6. The SMILES string of the molecule is O=C(C[C@H](C1=NOCC1)c1ccc(OCc2ccccc2)cc1)N1C(=O)OC[C@@H]1Cc1ccccc1. The van der Waals surface area contributed by atoms with Gasteiger partial charge in [0.25, 0.3) is 0 Å². The van der Waals surface area contributed by atoms with Gasteiger partial charge in [-0.05, 0) is 35.2 Å². The van der Waals surface area contributed by atoms with Gasteiger partial charge in [0.2, 0.25) is 5.91 Å². The van der Waals surface area contributed by atoms with Crippen LogP contribution in [0.3, 0.4) is 0 Å². The molecule has 2 aliphatic rings. The molecule has 0 unspecified atom stereocenters. The number of cyclic esters (lactones) is 1. The maximum atomic E-state index is 13.4. The molecule has 2 aliphatic heterocycles. The van der Waals surface area contributed by atoms with Gasteiger partial charge < -0.3 is 14.3 Å². The number of carbonyl (C=O) groups is 2. The van der Waals surface area contributed by atoms with E-state index < -0.39 is 6.09 Å². The molecule has 0 saturated carbocycles. The van der Waals surface area contributed by atoms with Crippen LogP contribution in [0.1, 0.15) is 35.4 Å². The van der Waals surface area contributed by atoms with Gasteiger partial charge in [-0.2, -0.15) is 0 Å². The molecule has 0 spiro atoms. The number of benzene rings is 3. The average molecular weight is 485 g/mol. The van der Waals surface area contributed by atoms with E-state index in [0.29, 0.717) is 26.1 Å². The van der Waals surface area contributed by atoms with Crippen molar-refractivity contribution in [1.82, 2.24) is 4.90 Å². The Morgan fingerprint density at radius 3 is 2.33 bits per heavy atom. The molecule has 5 rings (SSSR count). The molecular weight excluding hydrogens is 456 g/mol. The van der Waals surface area contributed by atoms with Crippen LogP contribution < -0.4 is 4.74 Å². The van der Waals surface area contributed by atoms with Crippen molar-refractivity contribution in [1.29, 1.82) is 0 Å². The second-order valence-electron chi connectivity index (χ2n) is 8.95. The third-order valence-electron chi connectivity index (χ3n) is 6.49. The minimum atomic E-state index is -0.589. The second-order valence-corrected chi connectivity index (χ2v) is 8.95. The third kappa shape index (κ3) is 5.57. The molecule has 36 heavy (non-hydrogen) atoms. The number of imide groups is 1. The molecule has 0 aliphatic carbocycles. The molecule has 1 saturated heterocycles. The summed E-state index contributed by atoms with van der Waals surface area (Å²) in [5, 5.41) is 4.19. The van der Waals surface area contributed by atoms with Crippen LogP contribution in [0.25, 0.3) is 0 Å². The zero-order chi connectivity index (χ0) is 24.7. The molecule has 2 heterocycles. The van der Waals surface area contributed by atoms with Crippen molar-refractivity contribution in [2.75, 3.05) is 13.2 Å².